The van der Waals surface area contributed by atoms with E-state index in [4.69, 9.17) is 5.11 Å². The van der Waals surface area contributed by atoms with Crippen LogP contribution in [0.1, 0.15) is 5.56 Å². The summed E-state index contributed by atoms with van der Waals surface area (Å²) < 4.78 is 0. The summed E-state index contributed by atoms with van der Waals surface area (Å²) in [5.74, 6) is 0.0392. The summed E-state index contributed by atoms with van der Waals surface area (Å²) in [6, 6.07) is 6.46. The third kappa shape index (κ3) is 3.49. The van der Waals surface area contributed by atoms with Crippen molar-refractivity contribution >= 4 is 24.8 Å². The summed E-state index contributed by atoms with van der Waals surface area (Å²) in [6.45, 7) is 0. The summed E-state index contributed by atoms with van der Waals surface area (Å²) in [5.41, 5.74) is 3.08. The number of nitrogens with zero attached hydrogens (tertiary/aromatic N) is 1. The molecular weight excluding hydrogens is 200 g/mol. The minimum atomic E-state index is -0.261. The van der Waals surface area contributed by atoms with Crippen LogP contribution in [0.2, 0.25) is 0 Å². The molecule has 0 atom stereocenters. The highest BCUT2D eigenvalue weighted by molar-refractivity contribution is 7.81. The molecule has 0 aromatic heterocycles. The minimum absolute atomic E-state index is 0.104. The molecule has 1 aromatic carbocycles. The Kier molecular flexibility index (Phi) is 4.00. The third-order valence-electron chi connectivity index (χ3n) is 1.44. The largest absolute Gasteiger partial charge is 0.508 e. The van der Waals surface area contributed by atoms with Gasteiger partial charge in [-0.1, -0.05) is 0 Å². The molecule has 0 aliphatic carbocycles. The topological polar surface area (TPSA) is 61.7 Å². The van der Waals surface area contributed by atoms with E-state index < -0.39 is 0 Å². The lowest BCUT2D eigenvalue weighted by Gasteiger charge is -1.95. The first kappa shape index (κ1) is 10.6. The fraction of sp³-hybridized carbons (Fsp3) is 0.111. The van der Waals surface area contributed by atoms with Crippen LogP contribution in [0, 0.1) is 0 Å². The van der Waals surface area contributed by atoms with E-state index in [0.29, 0.717) is 0 Å². The molecule has 0 bridgehead atoms. The molecule has 0 fully saturated rings. The Hall–Kier alpha value is -1.49. The first-order chi connectivity index (χ1) is 6.72. The van der Waals surface area contributed by atoms with Crippen LogP contribution >= 0.6 is 12.6 Å². The molecular formula is C9H10N2O2S. The van der Waals surface area contributed by atoms with Crippen LogP contribution in [0.5, 0.6) is 5.75 Å². The zero-order valence-corrected chi connectivity index (χ0v) is 8.24. The van der Waals surface area contributed by atoms with Crippen molar-refractivity contribution in [3.63, 3.8) is 0 Å². The Morgan fingerprint density at radius 3 is 2.71 bits per heavy atom. The maximum atomic E-state index is 10.7. The van der Waals surface area contributed by atoms with Gasteiger partial charge in [0.15, 0.2) is 0 Å². The fourth-order valence-electron chi connectivity index (χ4n) is 0.775. The predicted octanol–water partition coefficient (Wildman–Crippen LogP) is 0.772. The number of thiol groups is 1. The van der Waals surface area contributed by atoms with Gasteiger partial charge in [0.05, 0.1) is 12.0 Å². The van der Waals surface area contributed by atoms with E-state index in [0.717, 1.165) is 5.56 Å². The molecule has 74 valence electrons. The van der Waals surface area contributed by atoms with E-state index >= 15 is 0 Å². The molecule has 0 heterocycles. The van der Waals surface area contributed by atoms with E-state index in [1.807, 2.05) is 0 Å². The zero-order chi connectivity index (χ0) is 10.4. The van der Waals surface area contributed by atoms with Crippen molar-refractivity contribution in [3.05, 3.63) is 29.8 Å². The molecule has 1 rings (SSSR count). The highest BCUT2D eigenvalue weighted by Crippen LogP contribution is 2.07. The summed E-state index contributed by atoms with van der Waals surface area (Å²) >= 11 is 3.77. The maximum absolute atomic E-state index is 10.7. The predicted molar refractivity (Wildman–Crippen MR) is 57.7 cm³/mol. The molecule has 0 unspecified atom stereocenters. The SMILES string of the molecule is O=C(CS)N/N=C/c1ccc(O)cc1. The van der Waals surface area contributed by atoms with Crippen molar-refractivity contribution < 1.29 is 9.90 Å². The molecule has 0 aliphatic heterocycles. The van der Waals surface area contributed by atoms with Crippen LogP contribution < -0.4 is 5.43 Å². The van der Waals surface area contributed by atoms with Gasteiger partial charge in [-0.2, -0.15) is 17.7 Å². The number of phenols is 1. The van der Waals surface area contributed by atoms with E-state index in [2.05, 4.69) is 23.2 Å². The number of hydrogen-bond donors (Lipinski definition) is 3. The molecule has 5 heteroatoms. The van der Waals surface area contributed by atoms with Crippen LogP contribution in [-0.2, 0) is 4.79 Å². The van der Waals surface area contributed by atoms with Crippen molar-refractivity contribution in [2.45, 2.75) is 0 Å². The van der Waals surface area contributed by atoms with Gasteiger partial charge in [-0.3, -0.25) is 4.79 Å². The number of carbonyl (C=O) groups excluding carboxylic acids is 1. The van der Waals surface area contributed by atoms with Crippen molar-refractivity contribution in [1.82, 2.24) is 5.43 Å². The molecule has 0 spiro atoms. The molecule has 0 radical (unpaired) electrons. The minimum Gasteiger partial charge on any atom is -0.508 e. The molecule has 1 amide bonds. The molecule has 4 nitrogen and oxygen atoms in total. The summed E-state index contributed by atoms with van der Waals surface area (Å²) in [5, 5.41) is 12.7. The second-order valence-corrected chi connectivity index (χ2v) is 2.86. The molecule has 14 heavy (non-hydrogen) atoms. The highest BCUT2D eigenvalue weighted by Gasteiger charge is 1.92. The average molecular weight is 210 g/mol. The lowest BCUT2D eigenvalue weighted by molar-refractivity contribution is -0.118. The number of carbonyl (C=O) groups is 1. The van der Waals surface area contributed by atoms with Crippen LogP contribution in [0.3, 0.4) is 0 Å². The van der Waals surface area contributed by atoms with Gasteiger partial charge in [-0.15, -0.1) is 0 Å². The smallest absolute Gasteiger partial charge is 0.249 e. The van der Waals surface area contributed by atoms with E-state index in [1.54, 1.807) is 24.3 Å². The average Bonchev–Trinajstić information content (AvgIpc) is 2.21. The number of nitrogens with one attached hydrogen (secondary N) is 1. The van der Waals surface area contributed by atoms with Gasteiger partial charge in [0.2, 0.25) is 5.91 Å². The zero-order valence-electron chi connectivity index (χ0n) is 7.34. The molecule has 1 aromatic rings. The highest BCUT2D eigenvalue weighted by atomic mass is 32.1. The summed E-state index contributed by atoms with van der Waals surface area (Å²) in [4.78, 5) is 10.7. The van der Waals surface area contributed by atoms with Gasteiger partial charge in [0, 0.05) is 0 Å². The van der Waals surface area contributed by atoms with Gasteiger partial charge >= 0.3 is 0 Å². The van der Waals surface area contributed by atoms with E-state index in [9.17, 15) is 4.79 Å². The fourth-order valence-corrected chi connectivity index (χ4v) is 0.845. The normalized spacial score (nSPS) is 10.4. The Bertz CT molecular complexity index is 335. The second-order valence-electron chi connectivity index (χ2n) is 2.54. The monoisotopic (exact) mass is 210 g/mol. The molecule has 2 N–H and O–H groups in total. The Morgan fingerprint density at radius 1 is 1.50 bits per heavy atom. The van der Waals surface area contributed by atoms with Gasteiger partial charge in [-0.05, 0) is 29.8 Å². The molecule has 0 saturated carbocycles. The summed E-state index contributed by atoms with van der Waals surface area (Å²) in [7, 11) is 0. The molecule has 0 aliphatic rings. The maximum Gasteiger partial charge on any atom is 0.249 e. The number of amides is 1. The number of phenolic OH excluding ortho intramolecular Hbond substituents is 1. The third-order valence-corrected chi connectivity index (χ3v) is 1.73. The Labute approximate surface area is 87.1 Å². The number of rotatable bonds is 3. The van der Waals surface area contributed by atoms with Crippen molar-refractivity contribution in [2.75, 3.05) is 5.75 Å². The van der Waals surface area contributed by atoms with Gasteiger partial charge in [0.1, 0.15) is 5.75 Å². The second kappa shape index (κ2) is 5.29. The number of hydrogen-bond acceptors (Lipinski definition) is 4. The lowest BCUT2D eigenvalue weighted by Crippen LogP contribution is -2.18. The van der Waals surface area contributed by atoms with Crippen LogP contribution in [0.15, 0.2) is 29.4 Å². The number of hydrazone groups is 1. The van der Waals surface area contributed by atoms with Gasteiger partial charge < -0.3 is 5.11 Å². The lowest BCUT2D eigenvalue weighted by atomic mass is 10.2. The van der Waals surface area contributed by atoms with Gasteiger partial charge in [0.25, 0.3) is 0 Å². The van der Waals surface area contributed by atoms with E-state index in [-0.39, 0.29) is 17.4 Å². The van der Waals surface area contributed by atoms with Crippen LogP contribution in [0.4, 0.5) is 0 Å². The van der Waals surface area contributed by atoms with Crippen molar-refractivity contribution in [2.24, 2.45) is 5.10 Å². The quantitative estimate of drug-likeness (QED) is 0.392. The number of aromatic hydroxyl groups is 1. The number of benzene rings is 1. The standard InChI is InChI=1S/C9H10N2O2S/c12-8-3-1-7(2-4-8)5-10-11-9(13)6-14/h1-5,12,14H,6H2,(H,11,13)/b10-5+. The van der Waals surface area contributed by atoms with Crippen LogP contribution in [0.25, 0.3) is 0 Å². The van der Waals surface area contributed by atoms with E-state index in [1.165, 1.54) is 6.21 Å². The molecule has 0 saturated heterocycles. The van der Waals surface area contributed by atoms with Crippen molar-refractivity contribution in [1.29, 1.82) is 0 Å². The van der Waals surface area contributed by atoms with Crippen molar-refractivity contribution in [3.8, 4) is 5.75 Å². The Balaban J connectivity index is 2.52. The van der Waals surface area contributed by atoms with Gasteiger partial charge in [-0.25, -0.2) is 5.43 Å². The first-order valence-electron chi connectivity index (χ1n) is 3.94. The first-order valence-corrected chi connectivity index (χ1v) is 4.57. The Morgan fingerprint density at radius 2 is 2.14 bits per heavy atom. The summed E-state index contributed by atoms with van der Waals surface area (Å²) in [6.07, 6.45) is 1.49. The van der Waals surface area contributed by atoms with Crippen LogP contribution in [-0.4, -0.2) is 23.0 Å².